The van der Waals surface area contributed by atoms with Crippen LogP contribution >= 0.6 is 0 Å². The molecule has 0 radical (unpaired) electrons. The van der Waals surface area contributed by atoms with Crippen molar-refractivity contribution in [1.29, 1.82) is 0 Å². The first kappa shape index (κ1) is 15.2. The van der Waals surface area contributed by atoms with Crippen molar-refractivity contribution in [3.05, 3.63) is 11.8 Å². The van der Waals surface area contributed by atoms with Crippen LogP contribution in [0.15, 0.2) is 11.8 Å². The Labute approximate surface area is 125 Å². The highest BCUT2D eigenvalue weighted by Gasteiger charge is 2.47. The fourth-order valence-corrected chi connectivity index (χ4v) is 3.09. The van der Waals surface area contributed by atoms with Crippen LogP contribution < -0.4 is 5.32 Å². The van der Waals surface area contributed by atoms with Gasteiger partial charge in [-0.05, 0) is 6.08 Å². The van der Waals surface area contributed by atoms with E-state index in [1.165, 1.54) is 0 Å². The van der Waals surface area contributed by atoms with Gasteiger partial charge in [0.25, 0.3) is 0 Å². The van der Waals surface area contributed by atoms with Crippen LogP contribution in [0.1, 0.15) is 6.42 Å². The molecule has 21 heavy (non-hydrogen) atoms. The molecule has 2 unspecified atom stereocenters. The van der Waals surface area contributed by atoms with Gasteiger partial charge in [0.1, 0.15) is 18.8 Å². The van der Waals surface area contributed by atoms with E-state index >= 15 is 0 Å². The monoisotopic (exact) mass is 299 g/mol. The Morgan fingerprint density at radius 2 is 2.14 bits per heavy atom. The van der Waals surface area contributed by atoms with Crippen molar-refractivity contribution in [2.45, 2.75) is 24.7 Å². The third-order valence-corrected chi connectivity index (χ3v) is 4.28. The molecule has 3 aliphatic heterocycles. The maximum absolute atomic E-state index is 5.77. The van der Waals surface area contributed by atoms with Crippen LogP contribution in [0.25, 0.3) is 0 Å². The summed E-state index contributed by atoms with van der Waals surface area (Å²) in [6.45, 7) is 5.06. The number of hydrogen-bond acceptors (Lipinski definition) is 6. The van der Waals surface area contributed by atoms with Crippen molar-refractivity contribution in [2.24, 2.45) is 5.92 Å². The summed E-state index contributed by atoms with van der Waals surface area (Å²) in [6, 6.07) is 0. The van der Waals surface area contributed by atoms with E-state index in [9.17, 15) is 0 Å². The number of nitrogens with one attached hydrogen (secondary N) is 1. The van der Waals surface area contributed by atoms with E-state index in [4.69, 9.17) is 23.7 Å². The smallest absolute Gasteiger partial charge is 0.112 e. The molecule has 0 spiro atoms. The van der Waals surface area contributed by atoms with E-state index in [2.05, 4.69) is 11.4 Å². The van der Waals surface area contributed by atoms with Crippen LogP contribution in [0.5, 0.6) is 0 Å². The highest BCUT2D eigenvalue weighted by molar-refractivity contribution is 4.98. The van der Waals surface area contributed by atoms with Crippen LogP contribution in [-0.2, 0) is 23.7 Å². The van der Waals surface area contributed by atoms with E-state index in [0.29, 0.717) is 39.0 Å². The molecule has 3 aliphatic rings. The lowest BCUT2D eigenvalue weighted by atomic mass is 10.0. The minimum atomic E-state index is 0.0650. The highest BCUT2D eigenvalue weighted by atomic mass is 16.6. The van der Waals surface area contributed by atoms with Gasteiger partial charge in [-0.1, -0.05) is 0 Å². The molecular formula is C15H25NO5. The Morgan fingerprint density at radius 1 is 1.24 bits per heavy atom. The molecule has 0 aromatic heterocycles. The molecule has 120 valence electrons. The van der Waals surface area contributed by atoms with Gasteiger partial charge in [0.2, 0.25) is 0 Å². The number of ether oxygens (including phenoxy) is 5. The molecule has 3 heterocycles. The third-order valence-electron chi connectivity index (χ3n) is 4.28. The average Bonchev–Trinajstić information content (AvgIpc) is 3.10. The predicted octanol–water partition coefficient (Wildman–Crippen LogP) is 0.326. The largest absolute Gasteiger partial charge is 0.496 e. The zero-order chi connectivity index (χ0) is 14.5. The van der Waals surface area contributed by atoms with Gasteiger partial charge in [0.15, 0.2) is 0 Å². The first-order valence-electron chi connectivity index (χ1n) is 7.75. The minimum absolute atomic E-state index is 0.0650. The number of fused-ring (bicyclic) bond motifs is 1. The molecule has 3 rings (SSSR count). The Bertz CT molecular complexity index is 362. The van der Waals surface area contributed by atoms with E-state index in [0.717, 1.165) is 25.3 Å². The van der Waals surface area contributed by atoms with Crippen molar-refractivity contribution in [2.75, 3.05) is 53.2 Å². The van der Waals surface area contributed by atoms with Crippen LogP contribution in [0.4, 0.5) is 0 Å². The molecule has 0 aromatic rings. The van der Waals surface area contributed by atoms with Crippen LogP contribution in [0.2, 0.25) is 0 Å². The maximum Gasteiger partial charge on any atom is 0.112 e. The lowest BCUT2D eigenvalue weighted by Crippen LogP contribution is -2.31. The zero-order valence-electron chi connectivity index (χ0n) is 12.6. The molecule has 6 nitrogen and oxygen atoms in total. The summed E-state index contributed by atoms with van der Waals surface area (Å²) in [5.41, 5.74) is 0. The van der Waals surface area contributed by atoms with Gasteiger partial charge < -0.3 is 29.0 Å². The molecule has 1 N–H and O–H groups in total. The summed E-state index contributed by atoms with van der Waals surface area (Å²) in [6.07, 6.45) is 3.31. The fraction of sp³-hybridized carbons (Fsp3) is 0.867. The SMILES string of the molecule is CO[C@@H]1COC2C1OC[C@H]2COCCOC1=CCNCC1. The van der Waals surface area contributed by atoms with Crippen molar-refractivity contribution in [3.63, 3.8) is 0 Å². The average molecular weight is 299 g/mol. The predicted molar refractivity (Wildman–Crippen MR) is 76.1 cm³/mol. The molecule has 2 saturated heterocycles. The van der Waals surface area contributed by atoms with Crippen molar-refractivity contribution in [3.8, 4) is 0 Å². The number of hydrogen-bond donors (Lipinski definition) is 1. The second kappa shape index (κ2) is 7.56. The van der Waals surface area contributed by atoms with Crippen molar-refractivity contribution < 1.29 is 23.7 Å². The summed E-state index contributed by atoms with van der Waals surface area (Å²) in [4.78, 5) is 0. The molecule has 2 fully saturated rings. The Hall–Kier alpha value is -0.660. The summed E-state index contributed by atoms with van der Waals surface area (Å²) in [5, 5.41) is 3.26. The van der Waals surface area contributed by atoms with E-state index in [-0.39, 0.29) is 18.3 Å². The quantitative estimate of drug-likeness (QED) is 0.684. The van der Waals surface area contributed by atoms with Crippen LogP contribution in [0.3, 0.4) is 0 Å². The molecule has 0 amide bonds. The first-order chi connectivity index (χ1) is 10.4. The van der Waals surface area contributed by atoms with Crippen molar-refractivity contribution >= 4 is 0 Å². The standard InChI is InChI=1S/C15H25NO5/c1-17-13-10-21-14-11(9-20-15(13)14)8-18-6-7-19-12-2-4-16-5-3-12/h2,11,13-16H,3-10H2,1H3/t11-,13-,14?,15?/m1/s1. The first-order valence-corrected chi connectivity index (χ1v) is 7.75. The summed E-state index contributed by atoms with van der Waals surface area (Å²) in [5.74, 6) is 1.37. The Morgan fingerprint density at radius 3 is 2.95 bits per heavy atom. The second-order valence-corrected chi connectivity index (χ2v) is 5.68. The van der Waals surface area contributed by atoms with Crippen LogP contribution in [0, 0.1) is 5.92 Å². The van der Waals surface area contributed by atoms with Gasteiger partial charge in [0, 0.05) is 32.5 Å². The third kappa shape index (κ3) is 3.76. The lowest BCUT2D eigenvalue weighted by molar-refractivity contribution is -0.0157. The lowest BCUT2D eigenvalue weighted by Gasteiger charge is -2.17. The highest BCUT2D eigenvalue weighted by Crippen LogP contribution is 2.32. The van der Waals surface area contributed by atoms with Gasteiger partial charge in [-0.25, -0.2) is 0 Å². The maximum atomic E-state index is 5.77. The Kier molecular flexibility index (Phi) is 5.49. The van der Waals surface area contributed by atoms with E-state index < -0.39 is 0 Å². The molecule has 0 aromatic carbocycles. The molecule has 0 saturated carbocycles. The number of rotatable bonds is 7. The van der Waals surface area contributed by atoms with Gasteiger partial charge >= 0.3 is 0 Å². The van der Waals surface area contributed by atoms with Gasteiger partial charge in [-0.3, -0.25) is 0 Å². The van der Waals surface area contributed by atoms with Crippen molar-refractivity contribution in [1.82, 2.24) is 5.32 Å². The summed E-state index contributed by atoms with van der Waals surface area (Å²) >= 11 is 0. The molecule has 0 bridgehead atoms. The van der Waals surface area contributed by atoms with E-state index in [1.54, 1.807) is 7.11 Å². The number of methoxy groups -OCH3 is 1. The molecule has 0 aliphatic carbocycles. The van der Waals surface area contributed by atoms with E-state index in [1.807, 2.05) is 0 Å². The normalized spacial score (nSPS) is 35.6. The summed E-state index contributed by atoms with van der Waals surface area (Å²) < 4.78 is 28.3. The summed E-state index contributed by atoms with van der Waals surface area (Å²) in [7, 11) is 1.70. The van der Waals surface area contributed by atoms with Crippen LogP contribution in [-0.4, -0.2) is 71.5 Å². The zero-order valence-corrected chi connectivity index (χ0v) is 12.6. The van der Waals surface area contributed by atoms with Gasteiger partial charge in [0.05, 0.1) is 38.3 Å². The molecular weight excluding hydrogens is 274 g/mol. The fourth-order valence-electron chi connectivity index (χ4n) is 3.09. The molecule has 4 atom stereocenters. The minimum Gasteiger partial charge on any atom is -0.496 e. The second-order valence-electron chi connectivity index (χ2n) is 5.68. The van der Waals surface area contributed by atoms with Gasteiger partial charge in [-0.15, -0.1) is 0 Å². The molecule has 6 heteroatoms. The topological polar surface area (TPSA) is 58.2 Å². The van der Waals surface area contributed by atoms with Gasteiger partial charge in [-0.2, -0.15) is 0 Å². The Balaban J connectivity index is 1.30.